The number of unbranched alkanes of at least 4 members (excludes halogenated alkanes) is 2. The predicted octanol–water partition coefficient (Wildman–Crippen LogP) is 3.65. The third kappa shape index (κ3) is 8.20. The fourth-order valence-corrected chi connectivity index (χ4v) is 3.36. The molecule has 29 heavy (non-hydrogen) atoms. The number of nitrogens with two attached hydrogens (primary N) is 4. The molecule has 0 aliphatic carbocycles. The van der Waals surface area contributed by atoms with Crippen LogP contribution in [0.2, 0.25) is 0 Å². The molecule has 0 radical (unpaired) electrons. The van der Waals surface area contributed by atoms with E-state index in [1.54, 1.807) is 24.3 Å². The monoisotopic (exact) mass is 526 g/mol. The van der Waals surface area contributed by atoms with Crippen LogP contribution in [0, 0.1) is 0 Å². The molecule has 2 aromatic rings. The van der Waals surface area contributed by atoms with Crippen molar-refractivity contribution >= 4 is 55.2 Å². The summed E-state index contributed by atoms with van der Waals surface area (Å²) in [7, 11) is 0. The van der Waals surface area contributed by atoms with Crippen molar-refractivity contribution in [1.82, 2.24) is 0 Å². The maximum atomic E-state index is 5.79. The Balaban J connectivity index is 1.68. The first-order valence-electron chi connectivity index (χ1n) is 8.89. The van der Waals surface area contributed by atoms with Gasteiger partial charge in [-0.1, -0.05) is 0 Å². The maximum Gasteiger partial charge on any atom is 0.191 e. The predicted molar refractivity (Wildman–Crippen MR) is 124 cm³/mol. The normalized spacial score (nSPS) is 10.3. The van der Waals surface area contributed by atoms with Crippen LogP contribution >= 0.6 is 31.9 Å². The standard InChI is InChI=1S/C19H24Br2N6O2/c20-14-10-12(26-18(22)23)4-6-16(14)28-8-2-1-3-9-29-17-7-5-13(11-15(17)21)27-19(24)25/h4-7,10-11H,1-3,8-9H2,(H4,22,23,26)(H4,24,25,27). The molecular weight excluding hydrogens is 504 g/mol. The molecule has 10 heteroatoms. The van der Waals surface area contributed by atoms with Crippen LogP contribution in [0.1, 0.15) is 19.3 Å². The number of guanidine groups is 2. The zero-order chi connectivity index (χ0) is 21.2. The highest BCUT2D eigenvalue weighted by Crippen LogP contribution is 2.30. The van der Waals surface area contributed by atoms with Gasteiger partial charge in [0.1, 0.15) is 11.5 Å². The minimum absolute atomic E-state index is 0.0181. The highest BCUT2D eigenvalue weighted by Gasteiger charge is 2.04. The molecule has 2 rings (SSSR count). The van der Waals surface area contributed by atoms with E-state index in [2.05, 4.69) is 41.8 Å². The molecule has 0 amide bonds. The molecule has 0 heterocycles. The van der Waals surface area contributed by atoms with E-state index >= 15 is 0 Å². The Morgan fingerprint density at radius 1 is 0.690 bits per heavy atom. The van der Waals surface area contributed by atoms with E-state index in [-0.39, 0.29) is 11.9 Å². The van der Waals surface area contributed by atoms with Crippen molar-refractivity contribution < 1.29 is 9.47 Å². The Bertz CT molecular complexity index is 809. The van der Waals surface area contributed by atoms with Gasteiger partial charge in [-0.05, 0) is 87.5 Å². The van der Waals surface area contributed by atoms with Crippen LogP contribution in [0.3, 0.4) is 0 Å². The summed E-state index contributed by atoms with van der Waals surface area (Å²) in [5.41, 5.74) is 22.8. The fourth-order valence-electron chi connectivity index (χ4n) is 2.40. The van der Waals surface area contributed by atoms with E-state index in [0.717, 1.165) is 39.7 Å². The first kappa shape index (κ1) is 22.8. The maximum absolute atomic E-state index is 5.79. The zero-order valence-electron chi connectivity index (χ0n) is 15.8. The van der Waals surface area contributed by atoms with Gasteiger partial charge in [-0.15, -0.1) is 0 Å². The van der Waals surface area contributed by atoms with Crippen LogP contribution in [0.5, 0.6) is 11.5 Å². The van der Waals surface area contributed by atoms with Gasteiger partial charge in [0.15, 0.2) is 11.9 Å². The highest BCUT2D eigenvalue weighted by molar-refractivity contribution is 9.10. The molecule has 0 spiro atoms. The number of rotatable bonds is 10. The molecule has 0 aromatic heterocycles. The summed E-state index contributed by atoms with van der Waals surface area (Å²) in [5, 5.41) is 0. The molecule has 0 aliphatic heterocycles. The molecule has 8 nitrogen and oxygen atoms in total. The van der Waals surface area contributed by atoms with E-state index in [1.165, 1.54) is 0 Å². The number of hydrogen-bond donors (Lipinski definition) is 4. The third-order valence-electron chi connectivity index (χ3n) is 3.65. The summed E-state index contributed by atoms with van der Waals surface area (Å²) in [5.74, 6) is 1.54. The summed E-state index contributed by atoms with van der Waals surface area (Å²) < 4.78 is 13.2. The lowest BCUT2D eigenvalue weighted by atomic mass is 10.2. The van der Waals surface area contributed by atoms with Gasteiger partial charge in [0.05, 0.1) is 33.5 Å². The van der Waals surface area contributed by atoms with Crippen molar-refractivity contribution in [3.8, 4) is 11.5 Å². The average Bonchev–Trinajstić information content (AvgIpc) is 2.63. The number of aliphatic imine (C=N–C) groups is 2. The minimum Gasteiger partial charge on any atom is -0.492 e. The van der Waals surface area contributed by atoms with Gasteiger partial charge in [-0.2, -0.15) is 0 Å². The Labute approximate surface area is 186 Å². The van der Waals surface area contributed by atoms with Gasteiger partial charge in [0.25, 0.3) is 0 Å². The number of hydrogen-bond acceptors (Lipinski definition) is 4. The van der Waals surface area contributed by atoms with Crippen molar-refractivity contribution in [3.05, 3.63) is 45.3 Å². The van der Waals surface area contributed by atoms with E-state index in [9.17, 15) is 0 Å². The minimum atomic E-state index is 0.0181. The first-order chi connectivity index (χ1) is 13.8. The quantitative estimate of drug-likeness (QED) is 0.210. The fraction of sp³-hybridized carbons (Fsp3) is 0.263. The van der Waals surface area contributed by atoms with Crippen LogP contribution < -0.4 is 32.4 Å². The Morgan fingerprint density at radius 2 is 1.10 bits per heavy atom. The molecule has 8 N–H and O–H groups in total. The van der Waals surface area contributed by atoms with E-state index in [0.29, 0.717) is 24.6 Å². The van der Waals surface area contributed by atoms with Gasteiger partial charge in [-0.25, -0.2) is 9.98 Å². The second kappa shape index (κ2) is 11.5. The van der Waals surface area contributed by atoms with Gasteiger partial charge in [0.2, 0.25) is 0 Å². The molecule has 0 atom stereocenters. The lowest BCUT2D eigenvalue weighted by Gasteiger charge is -2.10. The molecule has 0 aliphatic rings. The van der Waals surface area contributed by atoms with Crippen molar-refractivity contribution in [2.75, 3.05) is 13.2 Å². The number of ether oxygens (including phenoxy) is 2. The molecule has 0 unspecified atom stereocenters. The molecule has 156 valence electrons. The van der Waals surface area contributed by atoms with Gasteiger partial charge < -0.3 is 32.4 Å². The van der Waals surface area contributed by atoms with E-state index in [1.807, 2.05) is 12.1 Å². The summed E-state index contributed by atoms with van der Waals surface area (Å²) >= 11 is 6.92. The zero-order valence-corrected chi connectivity index (χ0v) is 18.9. The lowest BCUT2D eigenvalue weighted by Crippen LogP contribution is -2.21. The summed E-state index contributed by atoms with van der Waals surface area (Å²) in [6.07, 6.45) is 2.81. The smallest absolute Gasteiger partial charge is 0.191 e. The molecular formula is C19H24Br2N6O2. The van der Waals surface area contributed by atoms with Crippen LogP contribution in [0.15, 0.2) is 55.3 Å². The lowest BCUT2D eigenvalue weighted by molar-refractivity contribution is 0.278. The highest BCUT2D eigenvalue weighted by atomic mass is 79.9. The summed E-state index contributed by atoms with van der Waals surface area (Å²) in [6, 6.07) is 10.9. The molecule has 0 fully saturated rings. The largest absolute Gasteiger partial charge is 0.492 e. The molecule has 0 saturated carbocycles. The van der Waals surface area contributed by atoms with Crippen molar-refractivity contribution in [2.45, 2.75) is 19.3 Å². The average molecular weight is 528 g/mol. The van der Waals surface area contributed by atoms with E-state index in [4.69, 9.17) is 32.4 Å². The SMILES string of the molecule is NC(N)=Nc1ccc(OCCCCCOc2ccc(N=C(N)N)cc2Br)c(Br)c1. The first-order valence-corrected chi connectivity index (χ1v) is 10.5. The Morgan fingerprint density at radius 3 is 1.45 bits per heavy atom. The van der Waals surface area contributed by atoms with Gasteiger partial charge >= 0.3 is 0 Å². The molecule has 2 aromatic carbocycles. The van der Waals surface area contributed by atoms with Crippen LogP contribution in [0.4, 0.5) is 11.4 Å². The van der Waals surface area contributed by atoms with Crippen molar-refractivity contribution in [3.63, 3.8) is 0 Å². The Kier molecular flexibility index (Phi) is 9.07. The van der Waals surface area contributed by atoms with Gasteiger partial charge in [0, 0.05) is 0 Å². The number of nitrogens with zero attached hydrogens (tertiary/aromatic N) is 2. The Hall–Kier alpha value is -2.46. The topological polar surface area (TPSA) is 147 Å². The molecule has 0 saturated heterocycles. The van der Waals surface area contributed by atoms with Crippen LogP contribution in [0.25, 0.3) is 0 Å². The number of benzene rings is 2. The second-order valence-corrected chi connectivity index (χ2v) is 7.77. The molecule has 0 bridgehead atoms. The van der Waals surface area contributed by atoms with Crippen LogP contribution in [-0.4, -0.2) is 25.1 Å². The number of halogens is 2. The second-order valence-electron chi connectivity index (χ2n) is 6.06. The van der Waals surface area contributed by atoms with Gasteiger partial charge in [-0.3, -0.25) is 0 Å². The summed E-state index contributed by atoms with van der Waals surface area (Å²) in [4.78, 5) is 7.98. The summed E-state index contributed by atoms with van der Waals surface area (Å²) in [6.45, 7) is 1.22. The van der Waals surface area contributed by atoms with Crippen LogP contribution in [-0.2, 0) is 0 Å². The van der Waals surface area contributed by atoms with Crippen molar-refractivity contribution in [2.24, 2.45) is 32.9 Å². The van der Waals surface area contributed by atoms with Crippen molar-refractivity contribution in [1.29, 1.82) is 0 Å². The van der Waals surface area contributed by atoms with E-state index < -0.39 is 0 Å². The third-order valence-corrected chi connectivity index (χ3v) is 4.89.